The van der Waals surface area contributed by atoms with Gasteiger partial charge in [0.15, 0.2) is 18.8 Å². The molecular weight excluding hydrogens is 504 g/mol. The highest BCUT2D eigenvalue weighted by Gasteiger charge is 2.53. The number of carbonyl (C=O) groups is 5. The van der Waals surface area contributed by atoms with E-state index < -0.39 is 73.8 Å². The topological polar surface area (TPSA) is 150 Å². The molecule has 2 rings (SSSR count). The average Bonchev–Trinajstić information content (AvgIpc) is 2.75. The van der Waals surface area contributed by atoms with E-state index in [1.165, 1.54) is 0 Å². The Kier molecular flexibility index (Phi) is 10.5. The molecule has 1 aliphatic heterocycles. The quantitative estimate of drug-likeness (QED) is 0.337. The van der Waals surface area contributed by atoms with Gasteiger partial charge in [0, 0.05) is 32.7 Å². The zero-order valence-electron chi connectivity index (χ0n) is 20.3. The molecule has 0 radical (unpaired) electrons. The summed E-state index contributed by atoms with van der Waals surface area (Å²) in [6, 6.07) is 4.79. The largest absolute Gasteiger partial charge is 0.482 e. The number of ether oxygens (including phenoxy) is 7. The first-order chi connectivity index (χ1) is 16.9. The van der Waals surface area contributed by atoms with Gasteiger partial charge in [-0.05, 0) is 30.7 Å². The summed E-state index contributed by atoms with van der Waals surface area (Å²) in [7, 11) is 0. The van der Waals surface area contributed by atoms with Crippen LogP contribution in [0.1, 0.15) is 33.3 Å². The van der Waals surface area contributed by atoms with Gasteiger partial charge in [0.05, 0.1) is 0 Å². The van der Waals surface area contributed by atoms with Gasteiger partial charge < -0.3 is 33.2 Å². The Bertz CT molecular complexity index is 993. The van der Waals surface area contributed by atoms with Crippen LogP contribution < -0.4 is 4.74 Å². The van der Waals surface area contributed by atoms with Gasteiger partial charge in [-0.3, -0.25) is 19.2 Å². The van der Waals surface area contributed by atoms with Crippen molar-refractivity contribution in [2.75, 3.05) is 13.2 Å². The SMILES string of the molecule is CC(=O)OC[C@@H]1O[C@H](OC(=O)COc2ccc(Cl)cc2C)[C@@H](OC(C)=O)[C@H](OC(C)=O)[C@@H]1OC(C)=O. The second-order valence-corrected chi connectivity index (χ2v) is 8.19. The fourth-order valence-corrected chi connectivity index (χ4v) is 3.59. The zero-order chi connectivity index (χ0) is 27.0. The minimum Gasteiger partial charge on any atom is -0.482 e. The molecule has 198 valence electrons. The first kappa shape index (κ1) is 28.9. The second-order valence-electron chi connectivity index (χ2n) is 7.76. The van der Waals surface area contributed by atoms with Gasteiger partial charge in [0.2, 0.25) is 12.4 Å². The number of carbonyl (C=O) groups excluding carboxylic acids is 5. The van der Waals surface area contributed by atoms with Crippen LogP contribution >= 0.6 is 11.6 Å². The molecule has 0 aliphatic carbocycles. The summed E-state index contributed by atoms with van der Waals surface area (Å²) in [6.45, 7) is 5.10. The van der Waals surface area contributed by atoms with Crippen LogP contribution in [0.15, 0.2) is 18.2 Å². The van der Waals surface area contributed by atoms with Gasteiger partial charge in [0.25, 0.3) is 0 Å². The molecule has 0 spiro atoms. The van der Waals surface area contributed by atoms with Crippen molar-refractivity contribution in [3.63, 3.8) is 0 Å². The van der Waals surface area contributed by atoms with Crippen molar-refractivity contribution in [2.45, 2.75) is 65.3 Å². The molecular formula is C23H27ClO12. The molecule has 0 saturated carbocycles. The Morgan fingerprint density at radius 2 is 1.42 bits per heavy atom. The highest BCUT2D eigenvalue weighted by Crippen LogP contribution is 2.30. The van der Waals surface area contributed by atoms with Crippen LogP contribution in [0.2, 0.25) is 5.02 Å². The monoisotopic (exact) mass is 530 g/mol. The van der Waals surface area contributed by atoms with Crippen LogP contribution in [0.4, 0.5) is 0 Å². The van der Waals surface area contributed by atoms with Crippen molar-refractivity contribution in [2.24, 2.45) is 0 Å². The molecule has 36 heavy (non-hydrogen) atoms. The van der Waals surface area contributed by atoms with Crippen LogP contribution in [0.5, 0.6) is 5.75 Å². The number of rotatable bonds is 9. The van der Waals surface area contributed by atoms with E-state index in [1.807, 2.05) is 0 Å². The number of aryl methyl sites for hydroxylation is 1. The molecule has 0 aromatic heterocycles. The lowest BCUT2D eigenvalue weighted by Gasteiger charge is -2.43. The van der Waals surface area contributed by atoms with Gasteiger partial charge >= 0.3 is 29.8 Å². The highest BCUT2D eigenvalue weighted by atomic mass is 35.5. The van der Waals surface area contributed by atoms with Crippen molar-refractivity contribution >= 4 is 41.4 Å². The first-order valence-corrected chi connectivity index (χ1v) is 11.1. The highest BCUT2D eigenvalue weighted by molar-refractivity contribution is 6.30. The lowest BCUT2D eigenvalue weighted by molar-refractivity contribution is -0.301. The van der Waals surface area contributed by atoms with E-state index in [4.69, 9.17) is 44.8 Å². The van der Waals surface area contributed by atoms with Gasteiger partial charge in [-0.25, -0.2) is 4.79 Å². The third-order valence-corrected chi connectivity index (χ3v) is 4.91. The molecule has 1 heterocycles. The second kappa shape index (κ2) is 13.1. The first-order valence-electron chi connectivity index (χ1n) is 10.8. The third-order valence-electron chi connectivity index (χ3n) is 4.68. The van der Waals surface area contributed by atoms with E-state index in [1.54, 1.807) is 25.1 Å². The Morgan fingerprint density at radius 3 is 1.97 bits per heavy atom. The molecule has 1 saturated heterocycles. The van der Waals surface area contributed by atoms with E-state index in [0.717, 1.165) is 27.7 Å². The maximum absolute atomic E-state index is 12.6. The number of benzene rings is 1. The molecule has 1 fully saturated rings. The van der Waals surface area contributed by atoms with Crippen LogP contribution in [0, 0.1) is 6.92 Å². The van der Waals surface area contributed by atoms with Gasteiger partial charge in [-0.2, -0.15) is 0 Å². The number of hydrogen-bond acceptors (Lipinski definition) is 12. The molecule has 0 amide bonds. The molecule has 1 aliphatic rings. The molecule has 0 unspecified atom stereocenters. The maximum atomic E-state index is 12.6. The maximum Gasteiger partial charge on any atom is 0.346 e. The summed E-state index contributed by atoms with van der Waals surface area (Å²) < 4.78 is 37.2. The van der Waals surface area contributed by atoms with Crippen molar-refractivity contribution < 1.29 is 57.1 Å². The fourth-order valence-electron chi connectivity index (χ4n) is 3.36. The Morgan fingerprint density at radius 1 is 0.833 bits per heavy atom. The Hall–Kier alpha value is -3.38. The summed E-state index contributed by atoms with van der Waals surface area (Å²) in [4.78, 5) is 59.3. The van der Waals surface area contributed by atoms with Crippen LogP contribution in [-0.2, 0) is 52.4 Å². The summed E-state index contributed by atoms with van der Waals surface area (Å²) in [5, 5.41) is 0.486. The lowest BCUT2D eigenvalue weighted by atomic mass is 9.98. The summed E-state index contributed by atoms with van der Waals surface area (Å²) in [6.07, 6.45) is -7.22. The normalized spacial score (nSPS) is 23.1. The molecule has 12 nitrogen and oxygen atoms in total. The zero-order valence-corrected chi connectivity index (χ0v) is 21.1. The van der Waals surface area contributed by atoms with E-state index >= 15 is 0 Å². The molecule has 0 bridgehead atoms. The van der Waals surface area contributed by atoms with Gasteiger partial charge in [-0.1, -0.05) is 11.6 Å². The average molecular weight is 531 g/mol. The minimum atomic E-state index is -1.63. The lowest BCUT2D eigenvalue weighted by Crippen LogP contribution is -2.63. The predicted octanol–water partition coefficient (Wildman–Crippen LogP) is 1.65. The molecule has 5 atom stereocenters. The smallest absolute Gasteiger partial charge is 0.346 e. The minimum absolute atomic E-state index is 0.373. The van der Waals surface area contributed by atoms with Gasteiger partial charge in [-0.15, -0.1) is 0 Å². The Balaban J connectivity index is 2.29. The van der Waals surface area contributed by atoms with Crippen molar-refractivity contribution in [3.8, 4) is 5.75 Å². The number of hydrogen-bond donors (Lipinski definition) is 0. The Labute approximate surface area is 212 Å². The van der Waals surface area contributed by atoms with Crippen molar-refractivity contribution in [3.05, 3.63) is 28.8 Å². The molecule has 0 N–H and O–H groups in total. The van der Waals surface area contributed by atoms with Crippen LogP contribution in [0.3, 0.4) is 0 Å². The van der Waals surface area contributed by atoms with Crippen molar-refractivity contribution in [1.82, 2.24) is 0 Å². The molecule has 1 aromatic rings. The van der Waals surface area contributed by atoms with Crippen LogP contribution in [0.25, 0.3) is 0 Å². The van der Waals surface area contributed by atoms with E-state index in [0.29, 0.717) is 16.3 Å². The van der Waals surface area contributed by atoms with E-state index in [9.17, 15) is 24.0 Å². The number of halogens is 1. The fraction of sp³-hybridized carbons (Fsp3) is 0.522. The summed E-state index contributed by atoms with van der Waals surface area (Å²) in [5.41, 5.74) is 0.669. The van der Waals surface area contributed by atoms with Crippen molar-refractivity contribution in [1.29, 1.82) is 0 Å². The van der Waals surface area contributed by atoms with Crippen LogP contribution in [-0.4, -0.2) is 73.8 Å². The number of esters is 5. The summed E-state index contributed by atoms with van der Waals surface area (Å²) in [5.74, 6) is -3.64. The predicted molar refractivity (Wildman–Crippen MR) is 120 cm³/mol. The van der Waals surface area contributed by atoms with E-state index in [-0.39, 0.29) is 0 Å². The summed E-state index contributed by atoms with van der Waals surface area (Å²) >= 11 is 5.91. The van der Waals surface area contributed by atoms with E-state index in [2.05, 4.69) is 0 Å². The van der Waals surface area contributed by atoms with Gasteiger partial charge in [0.1, 0.15) is 18.5 Å². The molecule has 13 heteroatoms. The standard InChI is InChI=1S/C23H27ClO12/c1-11-8-16(24)6-7-17(11)31-10-19(29)36-23-22(34-15(5)28)21(33-14(4)27)20(32-13(3)26)18(35-23)9-30-12(2)25/h6-8,18,20-23H,9-10H2,1-5H3/t18-,20+,21+,22-,23+/m0/s1. The third kappa shape index (κ3) is 8.68. The molecule has 1 aromatic carbocycles.